The molecule has 1 aromatic heterocycles. The van der Waals surface area contributed by atoms with Crippen molar-refractivity contribution in [1.82, 2.24) is 25.0 Å². The third-order valence-corrected chi connectivity index (χ3v) is 5.99. The van der Waals surface area contributed by atoms with Crippen molar-refractivity contribution in [3.8, 4) is 0 Å². The Labute approximate surface area is 155 Å². The number of aryl methyl sites for hydroxylation is 1. The van der Waals surface area contributed by atoms with E-state index in [4.69, 9.17) is 4.99 Å². The zero-order valence-corrected chi connectivity index (χ0v) is 15.8. The van der Waals surface area contributed by atoms with Gasteiger partial charge in [-0.25, -0.2) is 4.99 Å². The summed E-state index contributed by atoms with van der Waals surface area (Å²) in [5.41, 5.74) is 1.79. The van der Waals surface area contributed by atoms with E-state index in [0.29, 0.717) is 18.5 Å². The van der Waals surface area contributed by atoms with Crippen LogP contribution >= 0.6 is 0 Å². The zero-order chi connectivity index (χ0) is 18.0. The molecule has 1 aliphatic heterocycles. The highest BCUT2D eigenvalue weighted by molar-refractivity contribution is 5.80. The molecule has 1 saturated heterocycles. The lowest BCUT2D eigenvalue weighted by molar-refractivity contribution is 0.151. The quantitative estimate of drug-likeness (QED) is 0.679. The number of likely N-dealkylation sites (tertiary alicyclic amines) is 1. The van der Waals surface area contributed by atoms with E-state index in [2.05, 4.69) is 44.7 Å². The Morgan fingerprint density at radius 3 is 2.62 bits per heavy atom. The van der Waals surface area contributed by atoms with Gasteiger partial charge in [0.05, 0.1) is 13.1 Å². The van der Waals surface area contributed by atoms with Crippen LogP contribution in [-0.4, -0.2) is 38.7 Å². The van der Waals surface area contributed by atoms with Crippen LogP contribution < -0.4 is 5.32 Å². The average molecular weight is 352 g/mol. The van der Waals surface area contributed by atoms with E-state index in [1.807, 2.05) is 24.6 Å². The summed E-state index contributed by atoms with van der Waals surface area (Å²) in [5.74, 6) is 2.87. The molecule has 0 unspecified atom stereocenters. The lowest BCUT2D eigenvalue weighted by Gasteiger charge is -2.38. The third kappa shape index (κ3) is 3.45. The van der Waals surface area contributed by atoms with E-state index in [9.17, 15) is 0 Å². The van der Waals surface area contributed by atoms with Crippen LogP contribution in [0.1, 0.15) is 42.9 Å². The van der Waals surface area contributed by atoms with E-state index >= 15 is 0 Å². The van der Waals surface area contributed by atoms with Gasteiger partial charge in [-0.2, -0.15) is 0 Å². The molecule has 0 bridgehead atoms. The van der Waals surface area contributed by atoms with E-state index in [-0.39, 0.29) is 0 Å². The van der Waals surface area contributed by atoms with Crippen LogP contribution in [0.4, 0.5) is 0 Å². The number of guanidine groups is 1. The van der Waals surface area contributed by atoms with E-state index < -0.39 is 0 Å². The minimum atomic E-state index is 0.552. The molecular weight excluding hydrogens is 324 g/mol. The number of aliphatic imine (C=N–C) groups is 1. The molecule has 0 atom stereocenters. The maximum absolute atomic E-state index is 4.93. The molecular formula is C20H28N6. The van der Waals surface area contributed by atoms with Crippen molar-refractivity contribution in [2.24, 2.45) is 17.5 Å². The van der Waals surface area contributed by atoms with Gasteiger partial charge in [0.1, 0.15) is 5.82 Å². The topological polar surface area (TPSA) is 58.3 Å². The minimum Gasteiger partial charge on any atom is -0.349 e. The van der Waals surface area contributed by atoms with Crippen LogP contribution in [-0.2, 0) is 20.1 Å². The SMILES string of the molecule is Cc1nnc(CNC(=NCc2ccccc2)N2CCC3(CCC3)C2)n1C. The van der Waals surface area contributed by atoms with Gasteiger partial charge in [-0.3, -0.25) is 0 Å². The lowest BCUT2D eigenvalue weighted by atomic mass is 9.68. The van der Waals surface area contributed by atoms with Gasteiger partial charge >= 0.3 is 0 Å². The Hall–Kier alpha value is -2.37. The molecule has 1 aliphatic carbocycles. The molecule has 1 aromatic carbocycles. The fraction of sp³-hybridized carbons (Fsp3) is 0.550. The van der Waals surface area contributed by atoms with Crippen LogP contribution in [0, 0.1) is 12.3 Å². The highest BCUT2D eigenvalue weighted by Crippen LogP contribution is 2.47. The van der Waals surface area contributed by atoms with Gasteiger partial charge < -0.3 is 14.8 Å². The van der Waals surface area contributed by atoms with Crippen molar-refractivity contribution in [2.45, 2.75) is 45.7 Å². The Morgan fingerprint density at radius 2 is 2.00 bits per heavy atom. The Balaban J connectivity index is 1.48. The maximum Gasteiger partial charge on any atom is 0.194 e. The van der Waals surface area contributed by atoms with E-state index in [1.54, 1.807) is 0 Å². The smallest absolute Gasteiger partial charge is 0.194 e. The lowest BCUT2D eigenvalue weighted by Crippen LogP contribution is -2.42. The first-order valence-corrected chi connectivity index (χ1v) is 9.57. The summed E-state index contributed by atoms with van der Waals surface area (Å²) in [6, 6.07) is 10.4. The fourth-order valence-corrected chi connectivity index (χ4v) is 3.98. The predicted octanol–water partition coefficient (Wildman–Crippen LogP) is 2.65. The molecule has 0 radical (unpaired) electrons. The zero-order valence-electron chi connectivity index (χ0n) is 15.8. The summed E-state index contributed by atoms with van der Waals surface area (Å²) in [7, 11) is 2.01. The number of rotatable bonds is 4. The van der Waals surface area contributed by atoms with Gasteiger partial charge in [-0.1, -0.05) is 36.8 Å². The Bertz CT molecular complexity index is 775. The van der Waals surface area contributed by atoms with Crippen molar-refractivity contribution in [1.29, 1.82) is 0 Å². The van der Waals surface area contributed by atoms with Crippen molar-refractivity contribution in [3.63, 3.8) is 0 Å². The molecule has 4 rings (SSSR count). The largest absolute Gasteiger partial charge is 0.349 e. The Morgan fingerprint density at radius 1 is 1.19 bits per heavy atom. The molecule has 1 spiro atoms. The van der Waals surface area contributed by atoms with Crippen LogP contribution in [0.5, 0.6) is 0 Å². The second kappa shape index (κ2) is 7.09. The second-order valence-electron chi connectivity index (χ2n) is 7.73. The van der Waals surface area contributed by atoms with Gasteiger partial charge in [-0.15, -0.1) is 10.2 Å². The molecule has 2 heterocycles. The van der Waals surface area contributed by atoms with Crippen molar-refractivity contribution in [3.05, 3.63) is 47.5 Å². The first-order chi connectivity index (χ1) is 12.7. The summed E-state index contributed by atoms with van der Waals surface area (Å²) in [4.78, 5) is 7.36. The summed E-state index contributed by atoms with van der Waals surface area (Å²) in [5, 5.41) is 12.0. The van der Waals surface area contributed by atoms with Crippen LogP contribution in [0.3, 0.4) is 0 Å². The Kier molecular flexibility index (Phi) is 4.66. The minimum absolute atomic E-state index is 0.552. The molecule has 2 aromatic rings. The molecule has 26 heavy (non-hydrogen) atoms. The number of nitrogens with one attached hydrogen (secondary N) is 1. The van der Waals surface area contributed by atoms with Crippen LogP contribution in [0.2, 0.25) is 0 Å². The number of benzene rings is 1. The monoisotopic (exact) mass is 352 g/mol. The van der Waals surface area contributed by atoms with Gasteiger partial charge in [0.2, 0.25) is 0 Å². The standard InChI is InChI=1S/C20H28N6/c1-16-23-24-18(25(16)2)14-22-19(21-13-17-7-4-3-5-8-17)26-12-11-20(15-26)9-6-10-20/h3-5,7-8H,6,9-15H2,1-2H3,(H,21,22). The maximum atomic E-state index is 4.93. The first kappa shape index (κ1) is 17.1. The van der Waals surface area contributed by atoms with Gasteiger partial charge in [0.15, 0.2) is 11.8 Å². The third-order valence-electron chi connectivity index (χ3n) is 5.99. The molecule has 138 valence electrons. The molecule has 2 fully saturated rings. The highest BCUT2D eigenvalue weighted by Gasteiger charge is 2.43. The number of nitrogens with zero attached hydrogens (tertiary/aromatic N) is 5. The number of aromatic nitrogens is 3. The molecule has 1 N–H and O–H groups in total. The predicted molar refractivity (Wildman–Crippen MR) is 103 cm³/mol. The van der Waals surface area contributed by atoms with Crippen LogP contribution in [0.25, 0.3) is 0 Å². The van der Waals surface area contributed by atoms with Gasteiger partial charge in [-0.05, 0) is 37.2 Å². The molecule has 2 aliphatic rings. The molecule has 6 nitrogen and oxygen atoms in total. The van der Waals surface area contributed by atoms with Gasteiger partial charge in [0.25, 0.3) is 0 Å². The second-order valence-corrected chi connectivity index (χ2v) is 7.73. The van der Waals surface area contributed by atoms with Crippen molar-refractivity contribution < 1.29 is 0 Å². The highest BCUT2D eigenvalue weighted by atomic mass is 15.3. The van der Waals surface area contributed by atoms with Crippen molar-refractivity contribution >= 4 is 5.96 Å². The molecule has 0 amide bonds. The van der Waals surface area contributed by atoms with Gasteiger partial charge in [0, 0.05) is 20.1 Å². The fourth-order valence-electron chi connectivity index (χ4n) is 3.98. The first-order valence-electron chi connectivity index (χ1n) is 9.57. The van der Waals surface area contributed by atoms with E-state index in [0.717, 1.165) is 30.7 Å². The molecule has 1 saturated carbocycles. The summed E-state index contributed by atoms with van der Waals surface area (Å²) in [6.07, 6.45) is 5.42. The normalized spacial score (nSPS) is 19.0. The van der Waals surface area contributed by atoms with Crippen LogP contribution in [0.15, 0.2) is 35.3 Å². The average Bonchev–Trinajstić information content (AvgIpc) is 3.22. The number of hydrogen-bond donors (Lipinski definition) is 1. The van der Waals surface area contributed by atoms with Crippen molar-refractivity contribution in [2.75, 3.05) is 13.1 Å². The summed E-state index contributed by atoms with van der Waals surface area (Å²) < 4.78 is 2.03. The summed E-state index contributed by atoms with van der Waals surface area (Å²) >= 11 is 0. The van der Waals surface area contributed by atoms with E-state index in [1.165, 1.54) is 31.2 Å². The number of hydrogen-bond acceptors (Lipinski definition) is 3. The summed E-state index contributed by atoms with van der Waals surface area (Å²) in [6.45, 7) is 5.55. The molecule has 6 heteroatoms.